The summed E-state index contributed by atoms with van der Waals surface area (Å²) in [7, 11) is 1.28. The second-order valence-electron chi connectivity index (χ2n) is 6.70. The summed E-state index contributed by atoms with van der Waals surface area (Å²) in [6, 6.07) is 0.337. The summed E-state index contributed by atoms with van der Waals surface area (Å²) in [5.41, 5.74) is -1.33. The molecule has 27 heavy (non-hydrogen) atoms. The number of nitrogens with one attached hydrogen (secondary N) is 1. The number of hydrogen-bond donors (Lipinski definition) is 1. The molecule has 11 heteroatoms. The molecule has 0 bridgehead atoms. The van der Waals surface area contributed by atoms with Crippen LogP contribution in [0.5, 0.6) is 0 Å². The Hall–Kier alpha value is -2.59. The second-order valence-corrected chi connectivity index (χ2v) is 6.70. The van der Waals surface area contributed by atoms with E-state index in [0.29, 0.717) is 18.1 Å². The maximum Gasteiger partial charge on any atom is 0.435 e. The van der Waals surface area contributed by atoms with E-state index in [4.69, 9.17) is 4.52 Å². The fourth-order valence-electron chi connectivity index (χ4n) is 3.07. The van der Waals surface area contributed by atoms with Gasteiger partial charge in [0.1, 0.15) is 11.7 Å². The second kappa shape index (κ2) is 7.20. The van der Waals surface area contributed by atoms with Crippen molar-refractivity contribution in [3.05, 3.63) is 23.3 Å². The van der Waals surface area contributed by atoms with Crippen LogP contribution < -0.4 is 10.2 Å². The Balaban J connectivity index is 1.70. The van der Waals surface area contributed by atoms with Crippen molar-refractivity contribution in [2.24, 2.45) is 7.05 Å². The third kappa shape index (κ3) is 4.06. The van der Waals surface area contributed by atoms with Gasteiger partial charge in [-0.3, -0.25) is 9.48 Å². The Labute approximate surface area is 153 Å². The largest absolute Gasteiger partial charge is 0.435 e. The van der Waals surface area contributed by atoms with Crippen LogP contribution in [0.4, 0.5) is 19.1 Å². The number of carbonyl (C=O) groups is 1. The number of aryl methyl sites for hydroxylation is 1. The minimum absolute atomic E-state index is 0.189. The van der Waals surface area contributed by atoms with E-state index < -0.39 is 23.8 Å². The van der Waals surface area contributed by atoms with Crippen LogP contribution in [0.3, 0.4) is 0 Å². The molecule has 148 valence electrons. The molecular formula is C16H21F3N6O2. The summed E-state index contributed by atoms with van der Waals surface area (Å²) < 4.78 is 44.3. The smallest absolute Gasteiger partial charge is 0.339 e. The quantitative estimate of drug-likeness (QED) is 0.869. The normalized spacial score (nSPS) is 19.2. The molecule has 3 rings (SSSR count). The van der Waals surface area contributed by atoms with Crippen LogP contribution in [0.15, 0.2) is 10.6 Å². The monoisotopic (exact) mass is 386 g/mol. The van der Waals surface area contributed by atoms with Crippen molar-refractivity contribution in [2.75, 3.05) is 11.4 Å². The first-order valence-electron chi connectivity index (χ1n) is 8.69. The first kappa shape index (κ1) is 19.2. The average molecular weight is 386 g/mol. The zero-order valence-electron chi connectivity index (χ0n) is 15.2. The lowest BCUT2D eigenvalue weighted by atomic mass is 10.0. The summed E-state index contributed by atoms with van der Waals surface area (Å²) >= 11 is 0. The summed E-state index contributed by atoms with van der Waals surface area (Å²) in [4.78, 5) is 18.7. The molecule has 1 fully saturated rings. The van der Waals surface area contributed by atoms with Crippen molar-refractivity contribution in [3.63, 3.8) is 0 Å². The lowest BCUT2D eigenvalue weighted by Crippen LogP contribution is -2.38. The van der Waals surface area contributed by atoms with E-state index in [1.165, 1.54) is 7.05 Å². The van der Waals surface area contributed by atoms with Crippen LogP contribution in [-0.4, -0.2) is 38.4 Å². The molecule has 1 aliphatic heterocycles. The molecular weight excluding hydrogens is 365 g/mol. The maximum atomic E-state index is 12.7. The summed E-state index contributed by atoms with van der Waals surface area (Å²) in [6.45, 7) is 4.53. The van der Waals surface area contributed by atoms with Crippen molar-refractivity contribution in [1.29, 1.82) is 0 Å². The number of hydrogen-bond acceptors (Lipinski definition) is 6. The van der Waals surface area contributed by atoms with E-state index >= 15 is 0 Å². The molecule has 0 saturated carbocycles. The molecule has 0 aromatic carbocycles. The third-order valence-corrected chi connectivity index (χ3v) is 4.61. The van der Waals surface area contributed by atoms with Gasteiger partial charge in [0, 0.05) is 25.7 Å². The number of carbonyl (C=O) groups excluding carboxylic acids is 1. The van der Waals surface area contributed by atoms with Crippen LogP contribution in [-0.2, 0) is 13.2 Å². The SMILES string of the molecule is C[C@H](NC(=O)c1cc(C(F)(F)F)nn1C)c1nc(N2CCCC[C@@H]2C)no1. The lowest BCUT2D eigenvalue weighted by Gasteiger charge is -2.31. The van der Waals surface area contributed by atoms with Gasteiger partial charge in [0.2, 0.25) is 0 Å². The van der Waals surface area contributed by atoms with Gasteiger partial charge in [-0.25, -0.2) is 0 Å². The van der Waals surface area contributed by atoms with Gasteiger partial charge in [-0.15, -0.1) is 0 Å². The highest BCUT2D eigenvalue weighted by Crippen LogP contribution is 2.28. The number of alkyl halides is 3. The topological polar surface area (TPSA) is 89.1 Å². The Morgan fingerprint density at radius 3 is 2.78 bits per heavy atom. The van der Waals surface area contributed by atoms with Crippen molar-refractivity contribution in [1.82, 2.24) is 25.2 Å². The maximum absolute atomic E-state index is 12.7. The van der Waals surface area contributed by atoms with E-state index in [9.17, 15) is 18.0 Å². The number of piperidine rings is 1. The van der Waals surface area contributed by atoms with Crippen LogP contribution in [0.25, 0.3) is 0 Å². The third-order valence-electron chi connectivity index (χ3n) is 4.61. The fraction of sp³-hybridized carbons (Fsp3) is 0.625. The summed E-state index contributed by atoms with van der Waals surface area (Å²) in [6.07, 6.45) is -1.38. The standard InChI is InChI=1S/C16H21F3N6O2/c1-9-6-4-5-7-25(9)15-21-14(27-23-15)10(2)20-13(26)11-8-12(16(17,18)19)22-24(11)3/h8-10H,4-7H2,1-3H3,(H,20,26)/t9-,10-/m0/s1. The lowest BCUT2D eigenvalue weighted by molar-refractivity contribution is -0.141. The zero-order chi connectivity index (χ0) is 19.8. The number of nitrogens with zero attached hydrogens (tertiary/aromatic N) is 5. The van der Waals surface area contributed by atoms with E-state index in [1.807, 2.05) is 4.90 Å². The average Bonchev–Trinajstić information content (AvgIpc) is 3.21. The molecule has 3 heterocycles. The van der Waals surface area contributed by atoms with E-state index in [2.05, 4.69) is 27.5 Å². The predicted octanol–water partition coefficient (Wildman–Crippen LogP) is 2.69. The molecule has 1 aliphatic rings. The molecule has 1 saturated heterocycles. The molecule has 8 nitrogen and oxygen atoms in total. The van der Waals surface area contributed by atoms with Crippen LogP contribution >= 0.6 is 0 Å². The molecule has 1 N–H and O–H groups in total. The number of anilines is 1. The molecule has 2 atom stereocenters. The Morgan fingerprint density at radius 2 is 2.15 bits per heavy atom. The first-order valence-corrected chi connectivity index (χ1v) is 8.69. The first-order chi connectivity index (χ1) is 12.7. The van der Waals surface area contributed by atoms with Gasteiger partial charge in [0.25, 0.3) is 17.7 Å². The fourth-order valence-corrected chi connectivity index (χ4v) is 3.07. The van der Waals surface area contributed by atoms with Gasteiger partial charge in [0.15, 0.2) is 5.69 Å². The molecule has 0 unspecified atom stereocenters. The van der Waals surface area contributed by atoms with Gasteiger partial charge in [0.05, 0.1) is 0 Å². The van der Waals surface area contributed by atoms with E-state index in [0.717, 1.165) is 30.5 Å². The molecule has 0 spiro atoms. The van der Waals surface area contributed by atoms with Gasteiger partial charge >= 0.3 is 6.18 Å². The number of amides is 1. The highest BCUT2D eigenvalue weighted by atomic mass is 19.4. The zero-order valence-corrected chi connectivity index (χ0v) is 15.2. The minimum atomic E-state index is -4.62. The molecule has 0 radical (unpaired) electrons. The number of aromatic nitrogens is 4. The highest BCUT2D eigenvalue weighted by Gasteiger charge is 2.35. The van der Waals surface area contributed by atoms with Gasteiger partial charge in [-0.05, 0) is 38.3 Å². The molecule has 2 aromatic heterocycles. The Kier molecular flexibility index (Phi) is 5.11. The summed E-state index contributed by atoms with van der Waals surface area (Å²) in [5, 5.41) is 9.86. The minimum Gasteiger partial charge on any atom is -0.339 e. The van der Waals surface area contributed by atoms with Crippen molar-refractivity contribution in [3.8, 4) is 0 Å². The van der Waals surface area contributed by atoms with Crippen molar-refractivity contribution >= 4 is 11.9 Å². The molecule has 1 amide bonds. The van der Waals surface area contributed by atoms with E-state index in [1.54, 1.807) is 6.92 Å². The van der Waals surface area contributed by atoms with Crippen molar-refractivity contribution in [2.45, 2.75) is 51.4 Å². The Bertz CT molecular complexity index is 815. The Morgan fingerprint density at radius 1 is 1.41 bits per heavy atom. The van der Waals surface area contributed by atoms with Gasteiger partial charge < -0.3 is 14.7 Å². The molecule has 0 aliphatic carbocycles. The van der Waals surface area contributed by atoms with Gasteiger partial charge in [-0.1, -0.05) is 0 Å². The number of halogens is 3. The van der Waals surface area contributed by atoms with Crippen LogP contribution in [0.2, 0.25) is 0 Å². The van der Waals surface area contributed by atoms with Crippen molar-refractivity contribution < 1.29 is 22.5 Å². The highest BCUT2D eigenvalue weighted by molar-refractivity contribution is 5.92. The summed E-state index contributed by atoms with van der Waals surface area (Å²) in [5.74, 6) is -0.0633. The number of rotatable bonds is 4. The van der Waals surface area contributed by atoms with Crippen LogP contribution in [0.1, 0.15) is 61.2 Å². The van der Waals surface area contributed by atoms with Gasteiger partial charge in [-0.2, -0.15) is 23.3 Å². The predicted molar refractivity (Wildman–Crippen MR) is 89.0 cm³/mol. The van der Waals surface area contributed by atoms with E-state index in [-0.39, 0.29) is 11.6 Å². The molecule has 2 aromatic rings. The van der Waals surface area contributed by atoms with Crippen LogP contribution in [0, 0.1) is 0 Å².